The molecule has 1 fully saturated rings. The number of rotatable bonds is 7. The predicted molar refractivity (Wildman–Crippen MR) is 121 cm³/mol. The molecule has 2 aromatic rings. The summed E-state index contributed by atoms with van der Waals surface area (Å²) < 4.78 is 25.7. The van der Waals surface area contributed by atoms with Crippen molar-refractivity contribution in [1.82, 2.24) is 0 Å². The molecule has 0 unspecified atom stereocenters. The minimum atomic E-state index is -3.61. The van der Waals surface area contributed by atoms with Crippen molar-refractivity contribution in [3.63, 3.8) is 0 Å². The number of hydrogen-bond acceptors (Lipinski definition) is 4. The van der Waals surface area contributed by atoms with Crippen LogP contribution in [0.25, 0.3) is 0 Å². The van der Waals surface area contributed by atoms with E-state index in [0.29, 0.717) is 6.42 Å². The molecular formula is C24H28N2O4S. The number of amides is 2. The number of sulfone groups is 1. The molecule has 1 heterocycles. The zero-order valence-corrected chi connectivity index (χ0v) is 18.7. The third kappa shape index (κ3) is 4.51. The number of hydrogen-bond donors (Lipinski definition) is 1. The number of para-hydroxylation sites is 1. The van der Waals surface area contributed by atoms with Gasteiger partial charge >= 0.3 is 0 Å². The van der Waals surface area contributed by atoms with Crippen LogP contribution in [0.1, 0.15) is 44.2 Å². The van der Waals surface area contributed by atoms with Crippen LogP contribution in [0.3, 0.4) is 0 Å². The van der Waals surface area contributed by atoms with Gasteiger partial charge in [-0.15, -0.1) is 0 Å². The predicted octanol–water partition coefficient (Wildman–Crippen LogP) is 3.74. The first-order valence-corrected chi connectivity index (χ1v) is 12.5. The van der Waals surface area contributed by atoms with Crippen molar-refractivity contribution in [1.29, 1.82) is 0 Å². The van der Waals surface area contributed by atoms with Gasteiger partial charge < -0.3 is 10.2 Å². The van der Waals surface area contributed by atoms with Gasteiger partial charge in [-0.3, -0.25) is 9.59 Å². The normalized spacial score (nSPS) is 18.0. The van der Waals surface area contributed by atoms with Gasteiger partial charge in [0.2, 0.25) is 11.8 Å². The first kappa shape index (κ1) is 21.6. The summed E-state index contributed by atoms with van der Waals surface area (Å²) in [6, 6.07) is 12.5. The fourth-order valence-electron chi connectivity index (χ4n) is 4.17. The van der Waals surface area contributed by atoms with E-state index in [4.69, 9.17) is 0 Å². The van der Waals surface area contributed by atoms with E-state index in [2.05, 4.69) is 5.32 Å². The van der Waals surface area contributed by atoms with Crippen molar-refractivity contribution in [2.24, 2.45) is 5.92 Å². The fraction of sp³-hybridized carbons (Fsp3) is 0.417. The van der Waals surface area contributed by atoms with E-state index in [-0.39, 0.29) is 40.8 Å². The van der Waals surface area contributed by atoms with E-state index in [1.165, 1.54) is 0 Å². The Labute approximate surface area is 183 Å². The molecule has 1 N–H and O–H groups in total. The van der Waals surface area contributed by atoms with Gasteiger partial charge in [0.05, 0.1) is 10.6 Å². The van der Waals surface area contributed by atoms with Crippen molar-refractivity contribution in [3.8, 4) is 0 Å². The Hall–Kier alpha value is -2.67. The highest BCUT2D eigenvalue weighted by Crippen LogP contribution is 2.39. The number of fused-ring (bicyclic) bond motifs is 1. The second-order valence-electron chi connectivity index (χ2n) is 8.45. The maximum Gasteiger partial charge on any atom is 0.230 e. The minimum absolute atomic E-state index is 0.0328. The summed E-state index contributed by atoms with van der Waals surface area (Å²) in [6.45, 7) is 4.00. The number of carbonyl (C=O) groups is 2. The Kier molecular flexibility index (Phi) is 5.88. The molecule has 1 aliphatic heterocycles. The van der Waals surface area contributed by atoms with Crippen molar-refractivity contribution in [2.45, 2.75) is 56.9 Å². The molecular weight excluding hydrogens is 412 g/mol. The summed E-state index contributed by atoms with van der Waals surface area (Å²) in [5.74, 6) is -0.314. The van der Waals surface area contributed by atoms with Gasteiger partial charge in [-0.05, 0) is 68.0 Å². The highest BCUT2D eigenvalue weighted by molar-refractivity contribution is 7.91. The van der Waals surface area contributed by atoms with Gasteiger partial charge in [-0.1, -0.05) is 25.1 Å². The van der Waals surface area contributed by atoms with Gasteiger partial charge in [0.1, 0.15) is 0 Å². The maximum atomic E-state index is 12.9. The summed E-state index contributed by atoms with van der Waals surface area (Å²) >= 11 is 0. The van der Waals surface area contributed by atoms with Crippen molar-refractivity contribution >= 4 is 33.0 Å². The lowest BCUT2D eigenvalue weighted by molar-refractivity contribution is -0.120. The number of aryl methyl sites for hydroxylation is 1. The largest absolute Gasteiger partial charge is 0.326 e. The Morgan fingerprint density at radius 1 is 1.13 bits per heavy atom. The molecule has 2 amide bonds. The second-order valence-corrected chi connectivity index (χ2v) is 10.6. The Morgan fingerprint density at radius 2 is 1.87 bits per heavy atom. The van der Waals surface area contributed by atoms with E-state index in [9.17, 15) is 18.0 Å². The molecule has 2 aliphatic rings. The molecule has 0 radical (unpaired) electrons. The number of carbonyl (C=O) groups excluding carboxylic acids is 2. The van der Waals surface area contributed by atoms with Crippen LogP contribution >= 0.6 is 0 Å². The number of nitrogens with zero attached hydrogens (tertiary/aromatic N) is 1. The third-order valence-corrected chi connectivity index (χ3v) is 7.77. The smallest absolute Gasteiger partial charge is 0.230 e. The van der Waals surface area contributed by atoms with Crippen molar-refractivity contribution in [2.75, 3.05) is 16.0 Å². The van der Waals surface area contributed by atoms with Crippen LogP contribution in [-0.2, 0) is 32.3 Å². The standard InChI is InChI=1S/C24H28N2O4S/c1-3-17-6-4-5-7-21(17)25-23(27)12-13-31(29,30)20-10-11-22-19(15-20)14-16(2)26(22)24(28)18-8-9-18/h4-7,10-11,15-16,18H,3,8-9,12-14H2,1-2H3,(H,25,27)/t16-/m0/s1. The van der Waals surface area contributed by atoms with Crippen LogP contribution in [0, 0.1) is 5.92 Å². The first-order valence-electron chi connectivity index (χ1n) is 10.9. The molecule has 7 heteroatoms. The van der Waals surface area contributed by atoms with Crippen LogP contribution in [0.2, 0.25) is 0 Å². The molecule has 164 valence electrons. The summed E-state index contributed by atoms with van der Waals surface area (Å²) in [5.41, 5.74) is 3.43. The Balaban J connectivity index is 1.44. The van der Waals surface area contributed by atoms with Crippen LogP contribution in [-0.4, -0.2) is 32.0 Å². The molecule has 1 atom stereocenters. The summed E-state index contributed by atoms with van der Waals surface area (Å²) in [6.07, 6.45) is 3.19. The molecule has 2 aromatic carbocycles. The van der Waals surface area contributed by atoms with Gasteiger partial charge in [-0.2, -0.15) is 0 Å². The Bertz CT molecular complexity index is 1120. The van der Waals surface area contributed by atoms with E-state index < -0.39 is 9.84 Å². The lowest BCUT2D eigenvalue weighted by Crippen LogP contribution is -2.36. The van der Waals surface area contributed by atoms with Crippen LogP contribution in [0.4, 0.5) is 11.4 Å². The van der Waals surface area contributed by atoms with Crippen LogP contribution < -0.4 is 10.2 Å². The summed E-state index contributed by atoms with van der Waals surface area (Å²) in [7, 11) is -3.61. The maximum absolute atomic E-state index is 12.9. The molecule has 1 aliphatic carbocycles. The van der Waals surface area contributed by atoms with Crippen molar-refractivity contribution in [3.05, 3.63) is 53.6 Å². The molecule has 1 saturated carbocycles. The molecule has 0 spiro atoms. The summed E-state index contributed by atoms with van der Waals surface area (Å²) in [4.78, 5) is 27.0. The third-order valence-electron chi connectivity index (χ3n) is 6.06. The molecule has 31 heavy (non-hydrogen) atoms. The van der Waals surface area contributed by atoms with Crippen LogP contribution in [0.5, 0.6) is 0 Å². The van der Waals surface area contributed by atoms with E-state index in [1.807, 2.05) is 43.0 Å². The van der Waals surface area contributed by atoms with Gasteiger partial charge in [0.25, 0.3) is 0 Å². The van der Waals surface area contributed by atoms with Gasteiger partial charge in [-0.25, -0.2) is 8.42 Å². The molecule has 6 nitrogen and oxygen atoms in total. The molecule has 4 rings (SSSR count). The molecule has 0 bridgehead atoms. The monoisotopic (exact) mass is 440 g/mol. The zero-order valence-electron chi connectivity index (χ0n) is 17.9. The highest BCUT2D eigenvalue weighted by atomic mass is 32.2. The SMILES string of the molecule is CCc1ccccc1NC(=O)CCS(=O)(=O)c1ccc2c(c1)C[C@H](C)N2C(=O)C1CC1. The van der Waals surface area contributed by atoms with E-state index in [0.717, 1.165) is 41.8 Å². The number of benzene rings is 2. The lowest BCUT2D eigenvalue weighted by atomic mass is 10.1. The quantitative estimate of drug-likeness (QED) is 0.711. The Morgan fingerprint density at radius 3 is 2.58 bits per heavy atom. The molecule has 0 saturated heterocycles. The van der Waals surface area contributed by atoms with E-state index >= 15 is 0 Å². The second kappa shape index (κ2) is 8.46. The topological polar surface area (TPSA) is 83.6 Å². The van der Waals surface area contributed by atoms with E-state index in [1.54, 1.807) is 18.2 Å². The fourth-order valence-corrected chi connectivity index (χ4v) is 5.46. The highest BCUT2D eigenvalue weighted by Gasteiger charge is 2.39. The molecule has 0 aromatic heterocycles. The van der Waals surface area contributed by atoms with Crippen LogP contribution in [0.15, 0.2) is 47.4 Å². The average Bonchev–Trinajstić information content (AvgIpc) is 3.54. The summed E-state index contributed by atoms with van der Waals surface area (Å²) in [5, 5.41) is 2.82. The minimum Gasteiger partial charge on any atom is -0.326 e. The van der Waals surface area contributed by atoms with Crippen molar-refractivity contribution < 1.29 is 18.0 Å². The first-order chi connectivity index (χ1) is 14.8. The number of nitrogens with one attached hydrogen (secondary N) is 1. The van der Waals surface area contributed by atoms with Gasteiger partial charge in [0.15, 0.2) is 9.84 Å². The van der Waals surface area contributed by atoms with Gasteiger partial charge in [0, 0.05) is 29.8 Å². The zero-order chi connectivity index (χ0) is 22.2. The lowest BCUT2D eigenvalue weighted by Gasteiger charge is -2.22. The average molecular weight is 441 g/mol. The number of anilines is 2.